The Bertz CT molecular complexity index is 847. The summed E-state index contributed by atoms with van der Waals surface area (Å²) in [5.41, 5.74) is 4.60. The molecule has 0 radical (unpaired) electrons. The smallest absolute Gasteiger partial charge is 0.136 e. The van der Waals surface area contributed by atoms with Crippen LogP contribution in [0.25, 0.3) is 0 Å². The Kier molecular flexibility index (Phi) is 4.49. The zero-order chi connectivity index (χ0) is 17.1. The fourth-order valence-corrected chi connectivity index (χ4v) is 3.36. The SMILES string of the molecule is Cc1cccc(CN2Cc3ccccc3OC(c3ccccc3)C2)n1. The molecular weight excluding hydrogens is 308 g/mol. The van der Waals surface area contributed by atoms with E-state index in [1.54, 1.807) is 0 Å². The van der Waals surface area contributed by atoms with Crippen LogP contribution in [0.4, 0.5) is 0 Å². The van der Waals surface area contributed by atoms with Gasteiger partial charge < -0.3 is 4.74 Å². The number of fused-ring (bicyclic) bond motifs is 1. The average molecular weight is 330 g/mol. The van der Waals surface area contributed by atoms with Gasteiger partial charge >= 0.3 is 0 Å². The number of benzene rings is 2. The van der Waals surface area contributed by atoms with Crippen molar-refractivity contribution in [3.05, 3.63) is 95.3 Å². The van der Waals surface area contributed by atoms with Gasteiger partial charge in [0.25, 0.3) is 0 Å². The standard InChI is InChI=1S/C22H22N2O/c1-17-8-7-12-20(23-17)15-24-14-19-11-5-6-13-21(19)25-22(16-24)18-9-3-2-4-10-18/h2-13,22H,14-16H2,1H3. The largest absolute Gasteiger partial charge is 0.484 e. The van der Waals surface area contributed by atoms with Crippen molar-refractivity contribution in [2.24, 2.45) is 0 Å². The molecule has 1 aliphatic rings. The van der Waals surface area contributed by atoms with Crippen molar-refractivity contribution in [3.8, 4) is 5.75 Å². The molecule has 4 rings (SSSR count). The molecule has 2 heterocycles. The Morgan fingerprint density at radius 2 is 1.76 bits per heavy atom. The summed E-state index contributed by atoms with van der Waals surface area (Å²) in [6.45, 7) is 4.57. The topological polar surface area (TPSA) is 25.4 Å². The molecule has 0 fully saturated rings. The van der Waals surface area contributed by atoms with Crippen LogP contribution in [-0.2, 0) is 13.1 Å². The molecule has 1 aromatic heterocycles. The number of rotatable bonds is 3. The molecular formula is C22H22N2O. The third-order valence-electron chi connectivity index (χ3n) is 4.56. The molecule has 0 bridgehead atoms. The second-order valence-electron chi connectivity index (χ2n) is 6.56. The van der Waals surface area contributed by atoms with E-state index in [2.05, 4.69) is 64.5 Å². The van der Waals surface area contributed by atoms with E-state index >= 15 is 0 Å². The van der Waals surface area contributed by atoms with Crippen molar-refractivity contribution in [1.82, 2.24) is 9.88 Å². The summed E-state index contributed by atoms with van der Waals surface area (Å²) in [7, 11) is 0. The van der Waals surface area contributed by atoms with E-state index in [0.717, 1.165) is 36.8 Å². The number of pyridine rings is 1. The first-order valence-electron chi connectivity index (χ1n) is 8.72. The molecule has 1 atom stereocenters. The molecule has 3 nitrogen and oxygen atoms in total. The molecule has 1 unspecified atom stereocenters. The number of hydrogen-bond acceptors (Lipinski definition) is 3. The molecule has 0 aliphatic carbocycles. The van der Waals surface area contributed by atoms with Gasteiger partial charge in [0.05, 0.1) is 5.69 Å². The Morgan fingerprint density at radius 1 is 0.960 bits per heavy atom. The van der Waals surface area contributed by atoms with E-state index in [9.17, 15) is 0 Å². The third-order valence-corrected chi connectivity index (χ3v) is 4.56. The maximum atomic E-state index is 6.37. The maximum absolute atomic E-state index is 6.37. The molecule has 3 aromatic rings. The number of para-hydroxylation sites is 1. The van der Waals surface area contributed by atoms with Crippen LogP contribution in [-0.4, -0.2) is 16.4 Å². The van der Waals surface area contributed by atoms with E-state index in [-0.39, 0.29) is 6.10 Å². The van der Waals surface area contributed by atoms with Gasteiger partial charge in [-0.05, 0) is 30.7 Å². The van der Waals surface area contributed by atoms with Crippen LogP contribution in [0.15, 0.2) is 72.8 Å². The van der Waals surface area contributed by atoms with Gasteiger partial charge in [-0.15, -0.1) is 0 Å². The van der Waals surface area contributed by atoms with Crippen LogP contribution >= 0.6 is 0 Å². The lowest BCUT2D eigenvalue weighted by Crippen LogP contribution is -2.28. The van der Waals surface area contributed by atoms with E-state index in [1.807, 2.05) is 25.1 Å². The van der Waals surface area contributed by atoms with Gasteiger partial charge in [0.1, 0.15) is 11.9 Å². The first-order chi connectivity index (χ1) is 12.3. The number of hydrogen-bond donors (Lipinski definition) is 0. The highest BCUT2D eigenvalue weighted by atomic mass is 16.5. The van der Waals surface area contributed by atoms with E-state index in [0.29, 0.717) is 0 Å². The molecule has 0 spiro atoms. The summed E-state index contributed by atoms with van der Waals surface area (Å²) in [5.74, 6) is 0.982. The van der Waals surface area contributed by atoms with Crippen LogP contribution in [0.1, 0.15) is 28.6 Å². The van der Waals surface area contributed by atoms with Gasteiger partial charge in [-0.25, -0.2) is 0 Å². The Hall–Kier alpha value is -2.65. The lowest BCUT2D eigenvalue weighted by molar-refractivity contribution is 0.143. The van der Waals surface area contributed by atoms with Gasteiger partial charge in [0.2, 0.25) is 0 Å². The van der Waals surface area contributed by atoms with E-state index in [1.165, 1.54) is 11.1 Å². The molecule has 3 heteroatoms. The van der Waals surface area contributed by atoms with Crippen molar-refractivity contribution >= 4 is 0 Å². The normalized spacial score (nSPS) is 17.4. The highest BCUT2D eigenvalue weighted by Gasteiger charge is 2.24. The predicted octanol–water partition coefficient (Wildman–Crippen LogP) is 4.53. The first-order valence-corrected chi connectivity index (χ1v) is 8.72. The zero-order valence-electron chi connectivity index (χ0n) is 14.4. The lowest BCUT2D eigenvalue weighted by Gasteiger charge is -2.24. The summed E-state index contributed by atoms with van der Waals surface area (Å²) >= 11 is 0. The summed E-state index contributed by atoms with van der Waals surface area (Å²) in [4.78, 5) is 7.09. The molecule has 0 N–H and O–H groups in total. The van der Waals surface area contributed by atoms with E-state index < -0.39 is 0 Å². The van der Waals surface area contributed by atoms with Gasteiger partial charge in [0, 0.05) is 30.9 Å². The minimum absolute atomic E-state index is 0.0228. The Balaban J connectivity index is 1.64. The maximum Gasteiger partial charge on any atom is 0.136 e. The van der Waals surface area contributed by atoms with Gasteiger partial charge in [-0.3, -0.25) is 9.88 Å². The minimum Gasteiger partial charge on any atom is -0.484 e. The van der Waals surface area contributed by atoms with Crippen molar-refractivity contribution < 1.29 is 4.74 Å². The van der Waals surface area contributed by atoms with Crippen LogP contribution in [0, 0.1) is 6.92 Å². The van der Waals surface area contributed by atoms with Crippen LogP contribution in [0.2, 0.25) is 0 Å². The predicted molar refractivity (Wildman–Crippen MR) is 99.3 cm³/mol. The van der Waals surface area contributed by atoms with Crippen molar-refractivity contribution in [2.45, 2.75) is 26.1 Å². The summed E-state index contributed by atoms with van der Waals surface area (Å²) in [6, 6.07) is 25.0. The summed E-state index contributed by atoms with van der Waals surface area (Å²) in [6.07, 6.45) is 0.0228. The number of aryl methyl sites for hydroxylation is 1. The number of aromatic nitrogens is 1. The van der Waals surface area contributed by atoms with Crippen molar-refractivity contribution in [1.29, 1.82) is 0 Å². The molecule has 0 saturated heterocycles. The van der Waals surface area contributed by atoms with Crippen molar-refractivity contribution in [3.63, 3.8) is 0 Å². The number of ether oxygens (including phenoxy) is 1. The van der Waals surface area contributed by atoms with Crippen molar-refractivity contribution in [2.75, 3.05) is 6.54 Å². The Morgan fingerprint density at radius 3 is 2.60 bits per heavy atom. The lowest BCUT2D eigenvalue weighted by atomic mass is 10.1. The molecule has 0 amide bonds. The first kappa shape index (κ1) is 15.9. The highest BCUT2D eigenvalue weighted by Crippen LogP contribution is 2.31. The van der Waals surface area contributed by atoms with Gasteiger partial charge in [-0.1, -0.05) is 54.6 Å². The zero-order valence-corrected chi connectivity index (χ0v) is 14.4. The highest BCUT2D eigenvalue weighted by molar-refractivity contribution is 5.35. The monoisotopic (exact) mass is 330 g/mol. The van der Waals surface area contributed by atoms with Crippen LogP contribution < -0.4 is 4.74 Å². The molecule has 2 aromatic carbocycles. The van der Waals surface area contributed by atoms with Crippen LogP contribution in [0.5, 0.6) is 5.75 Å². The third kappa shape index (κ3) is 3.72. The minimum atomic E-state index is 0.0228. The second kappa shape index (κ2) is 7.08. The summed E-state index contributed by atoms with van der Waals surface area (Å²) < 4.78 is 6.37. The average Bonchev–Trinajstić information content (AvgIpc) is 2.81. The Labute approximate surface area is 148 Å². The fourth-order valence-electron chi connectivity index (χ4n) is 3.36. The van der Waals surface area contributed by atoms with Crippen LogP contribution in [0.3, 0.4) is 0 Å². The fraction of sp³-hybridized carbons (Fsp3) is 0.227. The molecule has 126 valence electrons. The van der Waals surface area contributed by atoms with Gasteiger partial charge in [-0.2, -0.15) is 0 Å². The van der Waals surface area contributed by atoms with E-state index in [4.69, 9.17) is 4.74 Å². The quantitative estimate of drug-likeness (QED) is 0.706. The molecule has 1 aliphatic heterocycles. The summed E-state index contributed by atoms with van der Waals surface area (Å²) in [5, 5.41) is 0. The van der Waals surface area contributed by atoms with Gasteiger partial charge in [0.15, 0.2) is 0 Å². The number of nitrogens with zero attached hydrogens (tertiary/aromatic N) is 2. The molecule has 25 heavy (non-hydrogen) atoms. The second-order valence-corrected chi connectivity index (χ2v) is 6.56. The molecule has 0 saturated carbocycles.